The van der Waals surface area contributed by atoms with Crippen LogP contribution in [-0.4, -0.2) is 41.4 Å². The number of nitrogens with zero attached hydrogens (tertiary/aromatic N) is 2. The van der Waals surface area contributed by atoms with Crippen LogP contribution in [-0.2, 0) is 20.7 Å². The fraction of sp³-hybridized carbons (Fsp3) is 0.500. The molecule has 1 atom stereocenters. The van der Waals surface area contributed by atoms with Crippen LogP contribution in [0.2, 0.25) is 0 Å². The summed E-state index contributed by atoms with van der Waals surface area (Å²) in [4.78, 5) is 35.6. The number of ether oxygens (including phenoxy) is 1. The van der Waals surface area contributed by atoms with Crippen molar-refractivity contribution in [3.63, 3.8) is 0 Å². The smallest absolute Gasteiger partial charge is 0.328 e. The molecule has 1 aromatic carbocycles. The highest BCUT2D eigenvalue weighted by atomic mass is 16.6. The summed E-state index contributed by atoms with van der Waals surface area (Å²) in [6.07, 6.45) is 3.13. The summed E-state index contributed by atoms with van der Waals surface area (Å²) in [5.74, 6) is -0.397. The van der Waals surface area contributed by atoms with Gasteiger partial charge in [0.25, 0.3) is 5.69 Å². The third kappa shape index (κ3) is 4.28. The van der Waals surface area contributed by atoms with Crippen molar-refractivity contribution < 1.29 is 19.2 Å². The zero-order valence-corrected chi connectivity index (χ0v) is 13.1. The summed E-state index contributed by atoms with van der Waals surface area (Å²) in [5.41, 5.74) is 1.01. The van der Waals surface area contributed by atoms with Gasteiger partial charge in [-0.2, -0.15) is 0 Å². The van der Waals surface area contributed by atoms with Gasteiger partial charge in [0.2, 0.25) is 5.91 Å². The van der Waals surface area contributed by atoms with Gasteiger partial charge >= 0.3 is 5.97 Å². The van der Waals surface area contributed by atoms with E-state index >= 15 is 0 Å². The summed E-state index contributed by atoms with van der Waals surface area (Å²) in [6, 6.07) is 5.88. The van der Waals surface area contributed by atoms with Crippen molar-refractivity contribution in [3.05, 3.63) is 39.9 Å². The molecule has 1 saturated heterocycles. The number of hydrogen-bond acceptors (Lipinski definition) is 5. The highest BCUT2D eigenvalue weighted by Gasteiger charge is 2.34. The number of nitro benzene ring substituents is 1. The lowest BCUT2D eigenvalue weighted by Gasteiger charge is -2.22. The molecule has 7 heteroatoms. The van der Waals surface area contributed by atoms with E-state index in [0.29, 0.717) is 32.2 Å². The Labute approximate surface area is 134 Å². The Hall–Kier alpha value is -2.44. The van der Waals surface area contributed by atoms with Crippen LogP contribution in [0.1, 0.15) is 31.2 Å². The normalized spacial score (nSPS) is 17.1. The molecule has 1 aliphatic rings. The number of amides is 1. The third-order valence-corrected chi connectivity index (χ3v) is 4.05. The van der Waals surface area contributed by atoms with E-state index in [-0.39, 0.29) is 17.6 Å². The van der Waals surface area contributed by atoms with Crippen LogP contribution in [0.25, 0.3) is 0 Å². The van der Waals surface area contributed by atoms with Crippen molar-refractivity contribution >= 4 is 17.6 Å². The second-order valence-corrected chi connectivity index (χ2v) is 5.55. The topological polar surface area (TPSA) is 89.8 Å². The molecule has 0 aromatic heterocycles. The van der Waals surface area contributed by atoms with E-state index in [1.165, 1.54) is 19.2 Å². The van der Waals surface area contributed by atoms with Crippen LogP contribution >= 0.6 is 0 Å². The van der Waals surface area contributed by atoms with Crippen molar-refractivity contribution in [2.75, 3.05) is 13.7 Å². The van der Waals surface area contributed by atoms with E-state index in [4.69, 9.17) is 4.74 Å². The van der Waals surface area contributed by atoms with Crippen molar-refractivity contribution in [1.82, 2.24) is 4.90 Å². The molecular weight excluding hydrogens is 300 g/mol. The van der Waals surface area contributed by atoms with Crippen LogP contribution in [0.15, 0.2) is 24.3 Å². The van der Waals surface area contributed by atoms with Gasteiger partial charge in [-0.05, 0) is 31.2 Å². The maximum absolute atomic E-state index is 12.2. The first-order chi connectivity index (χ1) is 11.0. The molecule has 0 spiro atoms. The summed E-state index contributed by atoms with van der Waals surface area (Å²) in [6.45, 7) is 0.593. The molecule has 2 rings (SSSR count). The second kappa shape index (κ2) is 7.71. The highest BCUT2D eigenvalue weighted by Crippen LogP contribution is 2.20. The van der Waals surface area contributed by atoms with Crippen LogP contribution in [0.3, 0.4) is 0 Å². The Morgan fingerprint density at radius 2 is 2.04 bits per heavy atom. The number of methoxy groups -OCH3 is 1. The second-order valence-electron chi connectivity index (χ2n) is 5.55. The van der Waals surface area contributed by atoms with Gasteiger partial charge in [-0.1, -0.05) is 12.1 Å². The maximum atomic E-state index is 12.2. The molecule has 1 amide bonds. The molecule has 1 fully saturated rings. The summed E-state index contributed by atoms with van der Waals surface area (Å²) < 4.78 is 4.73. The van der Waals surface area contributed by atoms with E-state index < -0.39 is 11.0 Å². The van der Waals surface area contributed by atoms with Gasteiger partial charge < -0.3 is 9.64 Å². The van der Waals surface area contributed by atoms with Crippen molar-refractivity contribution in [2.45, 2.75) is 38.1 Å². The Morgan fingerprint density at radius 1 is 1.35 bits per heavy atom. The standard InChI is InChI=1S/C16H20N2O5/c1-23-16(20)14-5-3-11-17(14)15(19)6-2-4-12-7-9-13(10-8-12)18(21)22/h7-10,14H,2-6,11H2,1H3/t14-/m0/s1. The van der Waals surface area contributed by atoms with Crippen molar-refractivity contribution in [1.29, 1.82) is 0 Å². The first-order valence-electron chi connectivity index (χ1n) is 7.63. The van der Waals surface area contributed by atoms with E-state index in [1.54, 1.807) is 17.0 Å². The molecule has 1 heterocycles. The predicted molar refractivity (Wildman–Crippen MR) is 82.8 cm³/mol. The molecule has 0 radical (unpaired) electrons. The predicted octanol–water partition coefficient (Wildman–Crippen LogP) is 2.08. The van der Waals surface area contributed by atoms with Crippen LogP contribution in [0, 0.1) is 10.1 Å². The monoisotopic (exact) mass is 320 g/mol. The Morgan fingerprint density at radius 3 is 2.65 bits per heavy atom. The van der Waals surface area contributed by atoms with Crippen molar-refractivity contribution in [3.8, 4) is 0 Å². The number of carbonyl (C=O) groups excluding carboxylic acids is 2. The lowest BCUT2D eigenvalue weighted by atomic mass is 10.1. The SMILES string of the molecule is COC(=O)[C@@H]1CCCN1C(=O)CCCc1ccc([N+](=O)[O-])cc1. The van der Waals surface area contributed by atoms with Crippen molar-refractivity contribution in [2.24, 2.45) is 0 Å². The Bertz CT molecular complexity index is 585. The fourth-order valence-electron chi connectivity index (χ4n) is 2.82. The van der Waals surface area contributed by atoms with Gasteiger partial charge in [-0.3, -0.25) is 14.9 Å². The minimum Gasteiger partial charge on any atom is -0.467 e. The molecule has 0 saturated carbocycles. The third-order valence-electron chi connectivity index (χ3n) is 4.05. The number of esters is 1. The highest BCUT2D eigenvalue weighted by molar-refractivity contribution is 5.85. The Balaban J connectivity index is 1.82. The van der Waals surface area contributed by atoms with Gasteiger partial charge in [-0.25, -0.2) is 4.79 Å². The van der Waals surface area contributed by atoms with Gasteiger partial charge in [-0.15, -0.1) is 0 Å². The molecule has 0 aliphatic carbocycles. The summed E-state index contributed by atoms with van der Waals surface area (Å²) in [5, 5.41) is 10.6. The van der Waals surface area contributed by atoms with E-state index in [1.807, 2.05) is 0 Å². The number of nitro groups is 1. The van der Waals surface area contributed by atoms with Crippen LogP contribution < -0.4 is 0 Å². The first kappa shape index (κ1) is 16.9. The quantitative estimate of drug-likeness (QED) is 0.455. The lowest BCUT2D eigenvalue weighted by molar-refractivity contribution is -0.384. The van der Waals surface area contributed by atoms with Gasteiger partial charge in [0, 0.05) is 25.1 Å². The molecule has 0 unspecified atom stereocenters. The average molecular weight is 320 g/mol. The van der Waals surface area contributed by atoms with Crippen LogP contribution in [0.5, 0.6) is 0 Å². The molecule has 0 bridgehead atoms. The largest absolute Gasteiger partial charge is 0.467 e. The number of aryl methyl sites for hydroxylation is 1. The number of benzene rings is 1. The van der Waals surface area contributed by atoms with Gasteiger partial charge in [0.1, 0.15) is 6.04 Å². The molecule has 0 N–H and O–H groups in total. The van der Waals surface area contributed by atoms with E-state index in [0.717, 1.165) is 12.0 Å². The number of non-ortho nitro benzene ring substituents is 1. The van der Waals surface area contributed by atoms with Gasteiger partial charge in [0.15, 0.2) is 0 Å². The first-order valence-corrected chi connectivity index (χ1v) is 7.63. The number of hydrogen-bond donors (Lipinski definition) is 0. The average Bonchev–Trinajstić information content (AvgIpc) is 3.04. The van der Waals surface area contributed by atoms with Gasteiger partial charge in [0.05, 0.1) is 12.0 Å². The van der Waals surface area contributed by atoms with E-state index in [2.05, 4.69) is 0 Å². The zero-order chi connectivity index (χ0) is 16.8. The molecule has 1 aliphatic heterocycles. The summed E-state index contributed by atoms with van der Waals surface area (Å²) in [7, 11) is 1.33. The summed E-state index contributed by atoms with van der Waals surface area (Å²) >= 11 is 0. The molecule has 124 valence electrons. The molecule has 23 heavy (non-hydrogen) atoms. The zero-order valence-electron chi connectivity index (χ0n) is 13.1. The van der Waals surface area contributed by atoms with Crippen LogP contribution in [0.4, 0.5) is 5.69 Å². The lowest BCUT2D eigenvalue weighted by Crippen LogP contribution is -2.41. The number of carbonyl (C=O) groups is 2. The molecule has 7 nitrogen and oxygen atoms in total. The molecule has 1 aromatic rings. The maximum Gasteiger partial charge on any atom is 0.328 e. The van der Waals surface area contributed by atoms with E-state index in [9.17, 15) is 19.7 Å². The molecular formula is C16H20N2O5. The fourth-order valence-corrected chi connectivity index (χ4v) is 2.82. The minimum atomic E-state index is -0.452. The Kier molecular flexibility index (Phi) is 5.67. The number of likely N-dealkylation sites (tertiary alicyclic amines) is 1. The minimum absolute atomic E-state index is 0.0418. The number of rotatable bonds is 6.